The number of anilines is 2. The number of hydrogen-bond acceptors (Lipinski definition) is 2. The Labute approximate surface area is 110 Å². The molecule has 0 radical (unpaired) electrons. The van der Waals surface area contributed by atoms with E-state index >= 15 is 0 Å². The summed E-state index contributed by atoms with van der Waals surface area (Å²) in [7, 11) is 0. The molecule has 106 valence electrons. The number of nitrogens with one attached hydrogen (secondary N) is 1. The smallest absolute Gasteiger partial charge is 0.398 e. The van der Waals surface area contributed by atoms with Gasteiger partial charge >= 0.3 is 6.18 Å². The molecule has 19 heavy (non-hydrogen) atoms. The van der Waals surface area contributed by atoms with Crippen LogP contribution in [-0.4, -0.2) is 5.91 Å². The largest absolute Gasteiger partial charge is 0.418 e. The van der Waals surface area contributed by atoms with Crippen molar-refractivity contribution < 1.29 is 18.0 Å². The number of amides is 1. The van der Waals surface area contributed by atoms with E-state index in [0.717, 1.165) is 12.1 Å². The maximum absolute atomic E-state index is 12.6. The van der Waals surface area contributed by atoms with Crippen molar-refractivity contribution >= 4 is 17.3 Å². The van der Waals surface area contributed by atoms with Gasteiger partial charge < -0.3 is 11.1 Å². The van der Waals surface area contributed by atoms with Crippen LogP contribution in [0.2, 0.25) is 0 Å². The average Bonchev–Trinajstić information content (AvgIpc) is 2.27. The van der Waals surface area contributed by atoms with Crippen LogP contribution in [0.25, 0.3) is 0 Å². The van der Waals surface area contributed by atoms with Crippen LogP contribution in [0.4, 0.5) is 24.5 Å². The second kappa shape index (κ2) is 5.95. The molecular formula is C13H17F3N2O. The molecule has 0 bridgehead atoms. The Bertz CT molecular complexity index is 456. The third kappa shape index (κ3) is 4.81. The van der Waals surface area contributed by atoms with E-state index in [-0.39, 0.29) is 23.7 Å². The maximum Gasteiger partial charge on any atom is 0.418 e. The molecule has 0 atom stereocenters. The first-order valence-electron chi connectivity index (χ1n) is 5.96. The summed E-state index contributed by atoms with van der Waals surface area (Å²) in [5.41, 5.74) is 4.09. The van der Waals surface area contributed by atoms with Crippen molar-refractivity contribution in [3.63, 3.8) is 0 Å². The van der Waals surface area contributed by atoms with E-state index in [1.54, 1.807) is 0 Å². The number of nitrogens with two attached hydrogens (primary N) is 1. The lowest BCUT2D eigenvalue weighted by Crippen LogP contribution is -2.14. The summed E-state index contributed by atoms with van der Waals surface area (Å²) in [6, 6.07) is 3.35. The van der Waals surface area contributed by atoms with Gasteiger partial charge in [0.1, 0.15) is 0 Å². The monoisotopic (exact) mass is 274 g/mol. The number of carbonyl (C=O) groups is 1. The van der Waals surface area contributed by atoms with Gasteiger partial charge in [-0.05, 0) is 30.5 Å². The molecule has 0 aliphatic rings. The Balaban J connectivity index is 2.78. The van der Waals surface area contributed by atoms with Crippen molar-refractivity contribution in [3.05, 3.63) is 23.8 Å². The summed E-state index contributed by atoms with van der Waals surface area (Å²) in [5, 5.41) is 2.44. The van der Waals surface area contributed by atoms with Crippen LogP contribution >= 0.6 is 0 Å². The first kappa shape index (κ1) is 15.3. The zero-order valence-corrected chi connectivity index (χ0v) is 10.8. The number of carbonyl (C=O) groups excluding carboxylic acids is 1. The van der Waals surface area contributed by atoms with Gasteiger partial charge in [0.2, 0.25) is 5.91 Å². The van der Waals surface area contributed by atoms with Crippen LogP contribution in [0, 0.1) is 5.92 Å². The van der Waals surface area contributed by atoms with Gasteiger partial charge in [0.25, 0.3) is 0 Å². The molecule has 0 fully saturated rings. The zero-order valence-electron chi connectivity index (χ0n) is 10.8. The number of hydrogen-bond donors (Lipinski definition) is 2. The quantitative estimate of drug-likeness (QED) is 0.823. The Morgan fingerprint density at radius 2 is 2.00 bits per heavy atom. The molecule has 0 unspecified atom stereocenters. The molecule has 6 heteroatoms. The van der Waals surface area contributed by atoms with Crippen molar-refractivity contribution in [2.24, 2.45) is 5.92 Å². The van der Waals surface area contributed by atoms with Crippen LogP contribution in [0.15, 0.2) is 18.2 Å². The second-order valence-corrected chi connectivity index (χ2v) is 4.78. The molecule has 0 aromatic heterocycles. The number of benzene rings is 1. The molecule has 0 spiro atoms. The Hall–Kier alpha value is -1.72. The lowest BCUT2D eigenvalue weighted by atomic mass is 10.1. The fourth-order valence-corrected chi connectivity index (χ4v) is 1.52. The molecule has 1 rings (SSSR count). The fraction of sp³-hybridized carbons (Fsp3) is 0.462. The van der Waals surface area contributed by atoms with E-state index in [9.17, 15) is 18.0 Å². The van der Waals surface area contributed by atoms with Crippen LogP contribution in [0.5, 0.6) is 0 Å². The minimum atomic E-state index is -4.53. The van der Waals surface area contributed by atoms with Gasteiger partial charge in [-0.25, -0.2) is 0 Å². The SMILES string of the molecule is CC(C)CCC(=O)Nc1ccc(N)c(C(F)(F)F)c1. The molecule has 0 aliphatic heterocycles. The highest BCUT2D eigenvalue weighted by molar-refractivity contribution is 5.91. The minimum absolute atomic E-state index is 0.107. The van der Waals surface area contributed by atoms with Crippen molar-refractivity contribution in [1.29, 1.82) is 0 Å². The third-order valence-corrected chi connectivity index (χ3v) is 2.59. The average molecular weight is 274 g/mol. The molecule has 3 N–H and O–H groups in total. The summed E-state index contributed by atoms with van der Waals surface area (Å²) in [6.07, 6.45) is -3.56. The van der Waals surface area contributed by atoms with E-state index in [0.29, 0.717) is 12.3 Å². The summed E-state index contributed by atoms with van der Waals surface area (Å²) in [6.45, 7) is 3.94. The number of alkyl halides is 3. The summed E-state index contributed by atoms with van der Waals surface area (Å²) < 4.78 is 37.9. The highest BCUT2D eigenvalue weighted by Crippen LogP contribution is 2.35. The molecule has 1 aromatic carbocycles. The van der Waals surface area contributed by atoms with Crippen LogP contribution in [0.3, 0.4) is 0 Å². The highest BCUT2D eigenvalue weighted by atomic mass is 19.4. The summed E-state index contributed by atoms with van der Waals surface area (Å²) in [5.74, 6) is 0.0644. The molecule has 3 nitrogen and oxygen atoms in total. The maximum atomic E-state index is 12.6. The normalized spacial score (nSPS) is 11.7. The van der Waals surface area contributed by atoms with Gasteiger partial charge in [-0.15, -0.1) is 0 Å². The Morgan fingerprint density at radius 3 is 2.53 bits per heavy atom. The van der Waals surface area contributed by atoms with Gasteiger partial charge in [0.05, 0.1) is 5.56 Å². The van der Waals surface area contributed by atoms with Gasteiger partial charge in [-0.1, -0.05) is 13.8 Å². The molecule has 1 amide bonds. The lowest BCUT2D eigenvalue weighted by Gasteiger charge is -2.12. The molecular weight excluding hydrogens is 257 g/mol. The number of halogens is 3. The number of rotatable bonds is 4. The molecule has 1 aromatic rings. The summed E-state index contributed by atoms with van der Waals surface area (Å²) in [4.78, 5) is 11.5. The van der Waals surface area contributed by atoms with Gasteiger partial charge in [-0.3, -0.25) is 4.79 Å². The first-order chi connectivity index (χ1) is 8.70. The molecule has 0 saturated heterocycles. The van der Waals surface area contributed by atoms with Gasteiger partial charge in [0, 0.05) is 17.8 Å². The van der Waals surface area contributed by atoms with Gasteiger partial charge in [0.15, 0.2) is 0 Å². The Kier molecular flexibility index (Phi) is 4.80. The second-order valence-electron chi connectivity index (χ2n) is 4.78. The highest BCUT2D eigenvalue weighted by Gasteiger charge is 2.33. The van der Waals surface area contributed by atoms with Crippen molar-refractivity contribution in [2.45, 2.75) is 32.9 Å². The number of nitrogen functional groups attached to an aromatic ring is 1. The molecule has 0 heterocycles. The molecule has 0 saturated carbocycles. The standard InChI is InChI=1S/C13H17F3N2O/c1-8(2)3-6-12(19)18-9-4-5-11(17)10(7-9)13(14,15)16/h4-5,7-8H,3,6,17H2,1-2H3,(H,18,19). The van der Waals surface area contributed by atoms with E-state index in [1.807, 2.05) is 13.8 Å². The minimum Gasteiger partial charge on any atom is -0.398 e. The lowest BCUT2D eigenvalue weighted by molar-refractivity contribution is -0.136. The van der Waals surface area contributed by atoms with Crippen molar-refractivity contribution in [2.75, 3.05) is 11.1 Å². The van der Waals surface area contributed by atoms with Gasteiger partial charge in [-0.2, -0.15) is 13.2 Å². The topological polar surface area (TPSA) is 55.1 Å². The van der Waals surface area contributed by atoms with E-state index < -0.39 is 11.7 Å². The first-order valence-corrected chi connectivity index (χ1v) is 5.96. The van der Waals surface area contributed by atoms with Crippen LogP contribution in [0.1, 0.15) is 32.3 Å². The van der Waals surface area contributed by atoms with Crippen molar-refractivity contribution in [1.82, 2.24) is 0 Å². The predicted molar refractivity (Wildman–Crippen MR) is 68.6 cm³/mol. The van der Waals surface area contributed by atoms with Crippen molar-refractivity contribution in [3.8, 4) is 0 Å². The summed E-state index contributed by atoms with van der Waals surface area (Å²) >= 11 is 0. The van der Waals surface area contributed by atoms with Crippen LogP contribution in [-0.2, 0) is 11.0 Å². The molecule has 0 aliphatic carbocycles. The van der Waals surface area contributed by atoms with E-state index in [2.05, 4.69) is 5.32 Å². The Morgan fingerprint density at radius 1 is 1.37 bits per heavy atom. The zero-order chi connectivity index (χ0) is 14.6. The third-order valence-electron chi connectivity index (χ3n) is 2.59. The van der Waals surface area contributed by atoms with E-state index in [1.165, 1.54) is 6.07 Å². The van der Waals surface area contributed by atoms with E-state index in [4.69, 9.17) is 5.73 Å². The predicted octanol–water partition coefficient (Wildman–Crippen LogP) is 3.66. The van der Waals surface area contributed by atoms with Crippen LogP contribution < -0.4 is 11.1 Å². The fourth-order valence-electron chi connectivity index (χ4n) is 1.52.